The van der Waals surface area contributed by atoms with Crippen LogP contribution in [0.1, 0.15) is 19.8 Å². The Morgan fingerprint density at radius 3 is 2.22 bits per heavy atom. The fourth-order valence-electron chi connectivity index (χ4n) is 1.78. The number of carbonyl (C=O) groups is 1. The van der Waals surface area contributed by atoms with Gasteiger partial charge in [-0.25, -0.2) is 0 Å². The average Bonchev–Trinajstić information content (AvgIpc) is 2.26. The van der Waals surface area contributed by atoms with Gasteiger partial charge in [0, 0.05) is 25.9 Å². The van der Waals surface area contributed by atoms with Gasteiger partial charge in [0.2, 0.25) is 5.91 Å². The average molecular weight is 284 g/mol. The van der Waals surface area contributed by atoms with Crippen molar-refractivity contribution in [3.05, 3.63) is 0 Å². The van der Waals surface area contributed by atoms with E-state index in [0.717, 1.165) is 0 Å². The SMILES string of the molecule is CC(C(=O)N1CCC(O)(C(F)(F)F)CC1)C(N)=S. The topological polar surface area (TPSA) is 66.6 Å². The van der Waals surface area contributed by atoms with E-state index in [2.05, 4.69) is 12.2 Å². The number of piperidine rings is 1. The fourth-order valence-corrected chi connectivity index (χ4v) is 1.88. The second-order valence-electron chi connectivity index (χ2n) is 4.48. The smallest absolute Gasteiger partial charge is 0.393 e. The lowest BCUT2D eigenvalue weighted by Crippen LogP contribution is -2.55. The molecule has 1 amide bonds. The summed E-state index contributed by atoms with van der Waals surface area (Å²) in [4.78, 5) is 13.1. The van der Waals surface area contributed by atoms with Crippen LogP contribution < -0.4 is 5.73 Å². The number of hydrogen-bond acceptors (Lipinski definition) is 3. The molecule has 8 heteroatoms. The number of nitrogens with zero attached hydrogens (tertiary/aromatic N) is 1. The van der Waals surface area contributed by atoms with Gasteiger partial charge in [-0.1, -0.05) is 12.2 Å². The molecule has 1 saturated heterocycles. The first-order valence-electron chi connectivity index (χ1n) is 5.46. The van der Waals surface area contributed by atoms with Gasteiger partial charge in [0.05, 0.1) is 10.9 Å². The van der Waals surface area contributed by atoms with Crippen LogP contribution in [0.5, 0.6) is 0 Å². The molecule has 0 aromatic rings. The number of hydrogen-bond donors (Lipinski definition) is 2. The molecule has 0 radical (unpaired) electrons. The summed E-state index contributed by atoms with van der Waals surface area (Å²) in [6.45, 7) is 1.21. The maximum atomic E-state index is 12.5. The number of halogens is 3. The van der Waals surface area contributed by atoms with Crippen LogP contribution >= 0.6 is 12.2 Å². The van der Waals surface area contributed by atoms with E-state index < -0.39 is 36.4 Å². The molecule has 0 aliphatic carbocycles. The highest BCUT2D eigenvalue weighted by atomic mass is 32.1. The Bertz CT molecular complexity index is 352. The highest BCUT2D eigenvalue weighted by Gasteiger charge is 2.55. The number of carbonyl (C=O) groups excluding carboxylic acids is 1. The van der Waals surface area contributed by atoms with Crippen molar-refractivity contribution in [3.8, 4) is 0 Å². The van der Waals surface area contributed by atoms with E-state index in [4.69, 9.17) is 5.73 Å². The van der Waals surface area contributed by atoms with E-state index in [9.17, 15) is 23.1 Å². The standard InChI is InChI=1S/C10H15F3N2O2S/c1-6(7(14)18)8(16)15-4-2-9(17,3-5-15)10(11,12)13/h6,17H,2-5H2,1H3,(H2,14,18). The minimum atomic E-state index is -4.67. The van der Waals surface area contributed by atoms with Gasteiger partial charge < -0.3 is 15.7 Å². The van der Waals surface area contributed by atoms with Gasteiger partial charge in [0.1, 0.15) is 0 Å². The number of nitrogens with two attached hydrogens (primary N) is 1. The third-order valence-electron chi connectivity index (χ3n) is 3.23. The second-order valence-corrected chi connectivity index (χ2v) is 4.95. The molecule has 0 spiro atoms. The normalized spacial score (nSPS) is 21.5. The fraction of sp³-hybridized carbons (Fsp3) is 0.800. The van der Waals surface area contributed by atoms with E-state index in [-0.39, 0.29) is 18.1 Å². The Balaban J connectivity index is 2.65. The molecule has 0 aromatic heterocycles. The molecule has 1 aliphatic rings. The number of thiocarbonyl (C=S) groups is 1. The Morgan fingerprint density at radius 2 is 1.89 bits per heavy atom. The molecule has 104 valence electrons. The lowest BCUT2D eigenvalue weighted by molar-refractivity contribution is -0.272. The molecule has 1 aliphatic heterocycles. The van der Waals surface area contributed by atoms with Crippen LogP contribution in [0.2, 0.25) is 0 Å². The van der Waals surface area contributed by atoms with Crippen molar-refractivity contribution in [2.45, 2.75) is 31.5 Å². The van der Waals surface area contributed by atoms with Crippen LogP contribution in [0.4, 0.5) is 13.2 Å². The Hall–Kier alpha value is -0.890. The summed E-state index contributed by atoms with van der Waals surface area (Å²) in [5.41, 5.74) is 2.62. The van der Waals surface area contributed by atoms with Gasteiger partial charge in [-0.15, -0.1) is 0 Å². The van der Waals surface area contributed by atoms with Crippen molar-refractivity contribution < 1.29 is 23.1 Å². The number of alkyl halides is 3. The molecule has 18 heavy (non-hydrogen) atoms. The van der Waals surface area contributed by atoms with Crippen LogP contribution in [0.3, 0.4) is 0 Å². The summed E-state index contributed by atoms with van der Waals surface area (Å²) in [7, 11) is 0. The first-order valence-corrected chi connectivity index (χ1v) is 5.86. The maximum absolute atomic E-state index is 12.5. The van der Waals surface area contributed by atoms with Crippen molar-refractivity contribution in [1.82, 2.24) is 4.90 Å². The van der Waals surface area contributed by atoms with Crippen molar-refractivity contribution >= 4 is 23.1 Å². The highest BCUT2D eigenvalue weighted by molar-refractivity contribution is 7.80. The number of amides is 1. The number of aliphatic hydroxyl groups is 1. The van der Waals surface area contributed by atoms with Gasteiger partial charge in [-0.05, 0) is 6.92 Å². The van der Waals surface area contributed by atoms with Crippen LogP contribution in [-0.2, 0) is 4.79 Å². The molecule has 1 fully saturated rings. The molecule has 3 N–H and O–H groups in total. The Kier molecular flexibility index (Phi) is 4.22. The molecule has 1 heterocycles. The van der Waals surface area contributed by atoms with Crippen LogP contribution in [0, 0.1) is 5.92 Å². The summed E-state index contributed by atoms with van der Waals surface area (Å²) >= 11 is 4.67. The van der Waals surface area contributed by atoms with Crippen LogP contribution in [-0.4, -0.2) is 45.8 Å². The molecular weight excluding hydrogens is 269 g/mol. The summed E-state index contributed by atoms with van der Waals surface area (Å²) in [5.74, 6) is -1.09. The van der Waals surface area contributed by atoms with E-state index in [1.807, 2.05) is 0 Å². The minimum absolute atomic E-state index is 0.0108. The Morgan fingerprint density at radius 1 is 1.44 bits per heavy atom. The minimum Gasteiger partial charge on any atom is -0.393 e. The summed E-state index contributed by atoms with van der Waals surface area (Å²) in [5, 5.41) is 9.44. The molecule has 4 nitrogen and oxygen atoms in total. The van der Waals surface area contributed by atoms with Gasteiger partial charge in [0.25, 0.3) is 0 Å². The molecule has 1 atom stereocenters. The van der Waals surface area contributed by atoms with Gasteiger partial charge in [-0.3, -0.25) is 4.79 Å². The van der Waals surface area contributed by atoms with E-state index in [1.165, 1.54) is 11.8 Å². The largest absolute Gasteiger partial charge is 0.417 e. The predicted molar refractivity (Wildman–Crippen MR) is 62.8 cm³/mol. The van der Waals surface area contributed by atoms with Gasteiger partial charge in [0.15, 0.2) is 5.60 Å². The molecule has 1 unspecified atom stereocenters. The first-order chi connectivity index (χ1) is 8.08. The third kappa shape index (κ3) is 2.92. The molecule has 0 aromatic carbocycles. The zero-order chi connectivity index (χ0) is 14.1. The van der Waals surface area contributed by atoms with Crippen molar-refractivity contribution in [2.75, 3.05) is 13.1 Å². The number of rotatable bonds is 2. The highest BCUT2D eigenvalue weighted by Crippen LogP contribution is 2.38. The molecule has 0 bridgehead atoms. The van der Waals surface area contributed by atoms with Gasteiger partial charge in [-0.2, -0.15) is 13.2 Å². The molecular formula is C10H15F3N2O2S. The monoisotopic (exact) mass is 284 g/mol. The van der Waals surface area contributed by atoms with Crippen molar-refractivity contribution in [1.29, 1.82) is 0 Å². The van der Waals surface area contributed by atoms with Crippen LogP contribution in [0.25, 0.3) is 0 Å². The zero-order valence-corrected chi connectivity index (χ0v) is 10.6. The summed E-state index contributed by atoms with van der Waals surface area (Å²) < 4.78 is 37.6. The third-order valence-corrected chi connectivity index (χ3v) is 3.58. The summed E-state index contributed by atoms with van der Waals surface area (Å²) in [6, 6.07) is 0. The Labute approximate surface area is 108 Å². The number of likely N-dealkylation sites (tertiary alicyclic amines) is 1. The van der Waals surface area contributed by atoms with Crippen LogP contribution in [0.15, 0.2) is 0 Å². The lowest BCUT2D eigenvalue weighted by atomic mass is 9.90. The second kappa shape index (κ2) is 5.00. The van der Waals surface area contributed by atoms with E-state index >= 15 is 0 Å². The lowest BCUT2D eigenvalue weighted by Gasteiger charge is -2.39. The van der Waals surface area contributed by atoms with Crippen molar-refractivity contribution in [2.24, 2.45) is 11.7 Å². The van der Waals surface area contributed by atoms with Crippen molar-refractivity contribution in [3.63, 3.8) is 0 Å². The van der Waals surface area contributed by atoms with E-state index in [0.29, 0.717) is 0 Å². The van der Waals surface area contributed by atoms with E-state index in [1.54, 1.807) is 0 Å². The quantitative estimate of drug-likeness (QED) is 0.737. The maximum Gasteiger partial charge on any atom is 0.417 e. The predicted octanol–water partition coefficient (Wildman–Crippen LogP) is 0.824. The van der Waals surface area contributed by atoms with Gasteiger partial charge >= 0.3 is 6.18 Å². The molecule has 0 saturated carbocycles. The summed E-state index contributed by atoms with van der Waals surface area (Å²) in [6.07, 6.45) is -5.71. The first kappa shape index (κ1) is 15.2. The molecule has 1 rings (SSSR count). The zero-order valence-electron chi connectivity index (χ0n) is 9.83.